The molecule has 4 saturated heterocycles. The zero-order valence-electron chi connectivity index (χ0n) is 20.2. The number of aliphatic hydroxyl groups excluding tert-OH is 1. The normalized spacial score (nSPS) is 33.6. The average Bonchev–Trinajstić information content (AvgIpc) is 3.49. The molecule has 4 fully saturated rings. The first kappa shape index (κ1) is 25.1. The summed E-state index contributed by atoms with van der Waals surface area (Å²) in [5, 5.41) is 9.93. The molecule has 190 valence electrons. The Kier molecular flexibility index (Phi) is 7.61. The van der Waals surface area contributed by atoms with Crippen LogP contribution >= 0.6 is 0 Å². The topological polar surface area (TPSA) is 109 Å². The Bertz CT molecular complexity index is 801. The van der Waals surface area contributed by atoms with Crippen LogP contribution in [0.4, 0.5) is 0 Å². The van der Waals surface area contributed by atoms with E-state index in [0.717, 1.165) is 13.1 Å². The van der Waals surface area contributed by atoms with E-state index in [9.17, 15) is 19.5 Å². The number of carbonyl (C=O) groups excluding carboxylic acids is 3. The second kappa shape index (κ2) is 10.3. The molecule has 6 atom stereocenters. The van der Waals surface area contributed by atoms with E-state index in [0.29, 0.717) is 45.7 Å². The van der Waals surface area contributed by atoms with E-state index in [2.05, 4.69) is 11.5 Å². The Morgan fingerprint density at radius 3 is 2.76 bits per heavy atom. The fourth-order valence-corrected chi connectivity index (χ4v) is 6.15. The molecular weight excluding hydrogens is 442 g/mol. The molecule has 10 heteroatoms. The molecule has 4 aliphatic heterocycles. The van der Waals surface area contributed by atoms with Crippen LogP contribution < -0.4 is 0 Å². The number of carbonyl (C=O) groups is 3. The SMILES string of the molecule is C=CCN(CCN1CCOCC1)C(=O)[C@@H]1N([C@H](C)CO)C(=O)[C@H]2[C@H](C(=O)OCC)[C@@H]3CC[C@]12O3. The van der Waals surface area contributed by atoms with Crippen LogP contribution in [0.2, 0.25) is 0 Å². The lowest BCUT2D eigenvalue weighted by atomic mass is 9.70. The van der Waals surface area contributed by atoms with E-state index in [1.54, 1.807) is 24.8 Å². The number of likely N-dealkylation sites (tertiary alicyclic amines) is 1. The van der Waals surface area contributed by atoms with E-state index in [4.69, 9.17) is 14.2 Å². The van der Waals surface area contributed by atoms with Crippen molar-refractivity contribution in [2.24, 2.45) is 11.8 Å². The maximum atomic E-state index is 14.1. The number of rotatable bonds is 10. The Morgan fingerprint density at radius 1 is 1.38 bits per heavy atom. The maximum Gasteiger partial charge on any atom is 0.312 e. The van der Waals surface area contributed by atoms with Gasteiger partial charge in [0, 0.05) is 32.7 Å². The summed E-state index contributed by atoms with van der Waals surface area (Å²) in [6, 6.07) is -1.49. The van der Waals surface area contributed by atoms with Crippen LogP contribution in [0.15, 0.2) is 12.7 Å². The fraction of sp³-hybridized carbons (Fsp3) is 0.792. The molecule has 4 rings (SSSR count). The number of amides is 2. The Labute approximate surface area is 200 Å². The standard InChI is InChI=1S/C24H37N3O7/c1-4-8-26(10-9-25-11-13-32-14-12-25)22(30)20-24-7-6-17(34-24)18(23(31)33-5-2)19(24)21(29)27(20)16(3)15-28/h4,16-20,28H,1,5-15H2,2-3H3/t16-,17+,18-,19-,20+,24-/m1/s1. The third-order valence-electron chi connectivity index (χ3n) is 7.72. The summed E-state index contributed by atoms with van der Waals surface area (Å²) in [6.07, 6.45) is 2.35. The van der Waals surface area contributed by atoms with Crippen molar-refractivity contribution in [1.29, 1.82) is 0 Å². The molecule has 1 N–H and O–H groups in total. The zero-order valence-corrected chi connectivity index (χ0v) is 20.2. The second-order valence-corrected chi connectivity index (χ2v) is 9.61. The maximum absolute atomic E-state index is 14.1. The van der Waals surface area contributed by atoms with E-state index in [1.807, 2.05) is 0 Å². The molecular formula is C24H37N3O7. The van der Waals surface area contributed by atoms with Crippen molar-refractivity contribution >= 4 is 17.8 Å². The monoisotopic (exact) mass is 479 g/mol. The second-order valence-electron chi connectivity index (χ2n) is 9.61. The van der Waals surface area contributed by atoms with Gasteiger partial charge in [-0.2, -0.15) is 0 Å². The molecule has 4 aliphatic rings. The van der Waals surface area contributed by atoms with Crippen LogP contribution in [-0.4, -0.2) is 121 Å². The number of aliphatic hydroxyl groups is 1. The van der Waals surface area contributed by atoms with Gasteiger partial charge < -0.3 is 29.1 Å². The van der Waals surface area contributed by atoms with Gasteiger partial charge in [-0.1, -0.05) is 6.08 Å². The van der Waals surface area contributed by atoms with Crippen molar-refractivity contribution < 1.29 is 33.7 Å². The molecule has 0 aromatic carbocycles. The number of hydrogen-bond donors (Lipinski definition) is 1. The van der Waals surface area contributed by atoms with E-state index in [1.165, 1.54) is 4.90 Å². The van der Waals surface area contributed by atoms with Gasteiger partial charge in [0.05, 0.1) is 50.4 Å². The average molecular weight is 480 g/mol. The van der Waals surface area contributed by atoms with Crippen molar-refractivity contribution in [2.75, 3.05) is 59.2 Å². The summed E-state index contributed by atoms with van der Waals surface area (Å²) in [7, 11) is 0. The van der Waals surface area contributed by atoms with Crippen LogP contribution in [0.3, 0.4) is 0 Å². The molecule has 34 heavy (non-hydrogen) atoms. The van der Waals surface area contributed by atoms with Crippen LogP contribution in [-0.2, 0) is 28.6 Å². The number of hydrogen-bond acceptors (Lipinski definition) is 8. The summed E-state index contributed by atoms with van der Waals surface area (Å²) in [4.78, 5) is 46.0. The molecule has 0 aliphatic carbocycles. The quantitative estimate of drug-likeness (QED) is 0.335. The van der Waals surface area contributed by atoms with Crippen LogP contribution in [0, 0.1) is 11.8 Å². The highest BCUT2D eigenvalue weighted by Gasteiger charge is 2.75. The molecule has 0 unspecified atom stereocenters. The van der Waals surface area contributed by atoms with Crippen molar-refractivity contribution in [1.82, 2.24) is 14.7 Å². The number of ether oxygens (including phenoxy) is 3. The summed E-state index contributed by atoms with van der Waals surface area (Å²) < 4.78 is 17.1. The zero-order chi connectivity index (χ0) is 24.5. The van der Waals surface area contributed by atoms with Gasteiger partial charge in [-0.25, -0.2) is 0 Å². The lowest BCUT2D eigenvalue weighted by Gasteiger charge is -2.39. The van der Waals surface area contributed by atoms with E-state index >= 15 is 0 Å². The molecule has 2 amide bonds. The Balaban J connectivity index is 1.63. The highest BCUT2D eigenvalue weighted by molar-refractivity contribution is 5.98. The van der Waals surface area contributed by atoms with Gasteiger partial charge in [0.1, 0.15) is 11.6 Å². The van der Waals surface area contributed by atoms with E-state index in [-0.39, 0.29) is 25.0 Å². The number of fused-ring (bicyclic) bond motifs is 1. The van der Waals surface area contributed by atoms with E-state index < -0.39 is 41.6 Å². The predicted molar refractivity (Wildman–Crippen MR) is 122 cm³/mol. The van der Waals surface area contributed by atoms with Gasteiger partial charge in [0.25, 0.3) is 0 Å². The fourth-order valence-electron chi connectivity index (χ4n) is 6.15. The van der Waals surface area contributed by atoms with Crippen LogP contribution in [0.1, 0.15) is 26.7 Å². The minimum Gasteiger partial charge on any atom is -0.466 e. The largest absolute Gasteiger partial charge is 0.466 e. The van der Waals surface area contributed by atoms with Gasteiger partial charge in [-0.05, 0) is 26.7 Å². The molecule has 0 aromatic rings. The van der Waals surface area contributed by atoms with Crippen LogP contribution in [0.25, 0.3) is 0 Å². The number of morpholine rings is 1. The molecule has 10 nitrogen and oxygen atoms in total. The highest BCUT2D eigenvalue weighted by atomic mass is 16.6. The lowest BCUT2D eigenvalue weighted by Crippen LogP contribution is -2.59. The van der Waals surface area contributed by atoms with Crippen LogP contribution in [0.5, 0.6) is 0 Å². The minimum absolute atomic E-state index is 0.212. The molecule has 4 heterocycles. The van der Waals surface area contributed by atoms with Gasteiger partial charge in [-0.15, -0.1) is 6.58 Å². The third kappa shape index (κ3) is 4.14. The number of esters is 1. The first-order valence-electron chi connectivity index (χ1n) is 12.4. The molecule has 0 saturated carbocycles. The molecule has 2 bridgehead atoms. The Morgan fingerprint density at radius 2 is 2.12 bits per heavy atom. The van der Waals surface area contributed by atoms with Crippen molar-refractivity contribution in [3.63, 3.8) is 0 Å². The first-order chi connectivity index (χ1) is 16.4. The van der Waals surface area contributed by atoms with Gasteiger partial charge in [0.2, 0.25) is 11.8 Å². The lowest BCUT2D eigenvalue weighted by molar-refractivity contribution is -0.156. The first-order valence-corrected chi connectivity index (χ1v) is 12.4. The Hall–Kier alpha value is -2.01. The van der Waals surface area contributed by atoms with Gasteiger partial charge in [0.15, 0.2) is 0 Å². The summed E-state index contributed by atoms with van der Waals surface area (Å²) in [6.45, 7) is 11.6. The minimum atomic E-state index is -1.09. The molecule has 0 radical (unpaired) electrons. The summed E-state index contributed by atoms with van der Waals surface area (Å²) >= 11 is 0. The highest BCUT2D eigenvalue weighted by Crippen LogP contribution is 2.59. The number of nitrogens with zero attached hydrogens (tertiary/aromatic N) is 3. The van der Waals surface area contributed by atoms with Crippen molar-refractivity contribution in [2.45, 2.75) is 50.5 Å². The third-order valence-corrected chi connectivity index (χ3v) is 7.72. The smallest absolute Gasteiger partial charge is 0.312 e. The molecule has 0 aromatic heterocycles. The summed E-state index contributed by atoms with van der Waals surface area (Å²) in [5.74, 6) is -2.50. The van der Waals surface area contributed by atoms with Crippen molar-refractivity contribution in [3.8, 4) is 0 Å². The van der Waals surface area contributed by atoms with Crippen molar-refractivity contribution in [3.05, 3.63) is 12.7 Å². The predicted octanol–water partition coefficient (Wildman–Crippen LogP) is -0.348. The summed E-state index contributed by atoms with van der Waals surface area (Å²) in [5.41, 5.74) is -1.09. The van der Waals surface area contributed by atoms with Gasteiger partial charge >= 0.3 is 5.97 Å². The van der Waals surface area contributed by atoms with Gasteiger partial charge in [-0.3, -0.25) is 19.3 Å². The molecule has 1 spiro atoms.